The maximum absolute atomic E-state index is 13.7. The number of methoxy groups -OCH3 is 1. The maximum Gasteiger partial charge on any atom is 0.257 e. The standard InChI is InChI=1S/C25H29FN4O3/c1-18-23(24(28-33-18)19-7-4-3-5-8-19)25(31)27-11-6-12-29-13-15-30(16-14-29)21-17-20(26)9-10-22(21)32-2/h3-5,7-10,17H,6,11-16H2,1-2H3,(H,27,31). The van der Waals surface area contributed by atoms with E-state index in [2.05, 4.69) is 20.3 Å². The van der Waals surface area contributed by atoms with Crippen LogP contribution < -0.4 is 15.0 Å². The van der Waals surface area contributed by atoms with Crippen LogP contribution in [0.3, 0.4) is 0 Å². The highest BCUT2D eigenvalue weighted by Gasteiger charge is 2.22. The van der Waals surface area contributed by atoms with E-state index in [1.54, 1.807) is 20.1 Å². The minimum Gasteiger partial charge on any atom is -0.495 e. The second-order valence-corrected chi connectivity index (χ2v) is 8.08. The maximum atomic E-state index is 13.7. The van der Waals surface area contributed by atoms with Crippen LogP contribution in [0, 0.1) is 12.7 Å². The molecule has 4 rings (SSSR count). The first-order chi connectivity index (χ1) is 16.1. The summed E-state index contributed by atoms with van der Waals surface area (Å²) in [5.41, 5.74) is 2.70. The van der Waals surface area contributed by atoms with Crippen molar-refractivity contribution in [1.82, 2.24) is 15.4 Å². The molecule has 33 heavy (non-hydrogen) atoms. The zero-order chi connectivity index (χ0) is 23.2. The van der Waals surface area contributed by atoms with Crippen LogP contribution in [0.15, 0.2) is 53.1 Å². The molecule has 1 N–H and O–H groups in total. The molecule has 2 heterocycles. The lowest BCUT2D eigenvalue weighted by atomic mass is 10.1. The van der Waals surface area contributed by atoms with Crippen molar-refractivity contribution in [2.75, 3.05) is 51.3 Å². The summed E-state index contributed by atoms with van der Waals surface area (Å²) < 4.78 is 24.4. The van der Waals surface area contributed by atoms with Gasteiger partial charge in [0, 0.05) is 44.4 Å². The first-order valence-electron chi connectivity index (χ1n) is 11.2. The number of ether oxygens (including phenoxy) is 1. The van der Waals surface area contributed by atoms with E-state index in [-0.39, 0.29) is 11.7 Å². The largest absolute Gasteiger partial charge is 0.495 e. The van der Waals surface area contributed by atoms with Crippen molar-refractivity contribution in [3.8, 4) is 17.0 Å². The lowest BCUT2D eigenvalue weighted by molar-refractivity contribution is 0.0950. The van der Waals surface area contributed by atoms with Crippen molar-refractivity contribution in [3.05, 3.63) is 65.7 Å². The monoisotopic (exact) mass is 452 g/mol. The number of benzene rings is 2. The number of piperazine rings is 1. The molecule has 174 valence electrons. The zero-order valence-corrected chi connectivity index (χ0v) is 19.0. The number of nitrogens with one attached hydrogen (secondary N) is 1. The molecule has 1 fully saturated rings. The quantitative estimate of drug-likeness (QED) is 0.525. The number of nitrogens with zero attached hydrogens (tertiary/aromatic N) is 3. The van der Waals surface area contributed by atoms with Gasteiger partial charge in [-0.15, -0.1) is 0 Å². The fourth-order valence-electron chi connectivity index (χ4n) is 4.15. The number of amides is 1. The van der Waals surface area contributed by atoms with Gasteiger partial charge < -0.3 is 19.5 Å². The summed E-state index contributed by atoms with van der Waals surface area (Å²) >= 11 is 0. The van der Waals surface area contributed by atoms with E-state index in [0.29, 0.717) is 29.3 Å². The SMILES string of the molecule is COc1ccc(F)cc1N1CCN(CCCNC(=O)c2c(-c3ccccc3)noc2C)CC1. The van der Waals surface area contributed by atoms with Crippen molar-refractivity contribution < 1.29 is 18.4 Å². The Labute approximate surface area is 193 Å². The van der Waals surface area contributed by atoms with Crippen molar-refractivity contribution in [1.29, 1.82) is 0 Å². The van der Waals surface area contributed by atoms with Crippen LogP contribution in [0.1, 0.15) is 22.5 Å². The third-order valence-corrected chi connectivity index (χ3v) is 5.93. The van der Waals surface area contributed by atoms with Gasteiger partial charge in [0.1, 0.15) is 28.6 Å². The fraction of sp³-hybridized carbons (Fsp3) is 0.360. The number of hydrogen-bond acceptors (Lipinski definition) is 6. The second kappa shape index (κ2) is 10.5. The van der Waals surface area contributed by atoms with Crippen LogP contribution >= 0.6 is 0 Å². The Morgan fingerprint density at radius 1 is 1.15 bits per heavy atom. The van der Waals surface area contributed by atoms with Crippen LogP contribution in [-0.2, 0) is 0 Å². The minimum absolute atomic E-state index is 0.171. The summed E-state index contributed by atoms with van der Waals surface area (Å²) in [4.78, 5) is 17.3. The van der Waals surface area contributed by atoms with Crippen LogP contribution in [-0.4, -0.2) is 62.3 Å². The Balaban J connectivity index is 1.25. The molecular formula is C25H29FN4O3. The molecule has 0 bridgehead atoms. The Morgan fingerprint density at radius 3 is 2.64 bits per heavy atom. The third-order valence-electron chi connectivity index (χ3n) is 5.93. The van der Waals surface area contributed by atoms with Crippen LogP contribution in [0.2, 0.25) is 0 Å². The summed E-state index contributed by atoms with van der Waals surface area (Å²) in [7, 11) is 1.60. The van der Waals surface area contributed by atoms with Crippen molar-refractivity contribution >= 4 is 11.6 Å². The molecule has 0 radical (unpaired) electrons. The molecule has 0 spiro atoms. The molecule has 1 aliphatic rings. The molecule has 0 unspecified atom stereocenters. The van der Waals surface area contributed by atoms with E-state index in [4.69, 9.17) is 9.26 Å². The molecule has 0 aliphatic carbocycles. The van der Waals surface area contributed by atoms with Gasteiger partial charge in [0.25, 0.3) is 5.91 Å². The van der Waals surface area contributed by atoms with E-state index >= 15 is 0 Å². The molecule has 1 amide bonds. The average molecular weight is 453 g/mol. The predicted octanol–water partition coefficient (Wildman–Crippen LogP) is 3.74. The number of anilines is 1. The number of aryl methyl sites for hydroxylation is 1. The van der Waals surface area contributed by atoms with E-state index in [1.165, 1.54) is 12.1 Å². The molecular weight excluding hydrogens is 423 g/mol. The van der Waals surface area contributed by atoms with Crippen LogP contribution in [0.5, 0.6) is 5.75 Å². The van der Waals surface area contributed by atoms with Crippen molar-refractivity contribution in [2.45, 2.75) is 13.3 Å². The highest BCUT2D eigenvalue weighted by atomic mass is 19.1. The van der Waals surface area contributed by atoms with E-state index in [9.17, 15) is 9.18 Å². The van der Waals surface area contributed by atoms with Gasteiger partial charge in [-0.25, -0.2) is 4.39 Å². The Hall–Kier alpha value is -3.39. The number of carbonyl (C=O) groups is 1. The van der Waals surface area contributed by atoms with Crippen LogP contribution in [0.4, 0.5) is 10.1 Å². The topological polar surface area (TPSA) is 70.8 Å². The van der Waals surface area contributed by atoms with E-state index in [1.807, 2.05) is 30.3 Å². The van der Waals surface area contributed by atoms with Gasteiger partial charge in [-0.2, -0.15) is 0 Å². The van der Waals surface area contributed by atoms with Gasteiger partial charge in [-0.05, 0) is 32.0 Å². The summed E-state index contributed by atoms with van der Waals surface area (Å²) in [5.74, 6) is 0.764. The Morgan fingerprint density at radius 2 is 1.91 bits per heavy atom. The molecule has 3 aromatic rings. The molecule has 1 aromatic heterocycles. The first kappa shape index (κ1) is 22.8. The molecule has 7 nitrogen and oxygen atoms in total. The van der Waals surface area contributed by atoms with E-state index < -0.39 is 0 Å². The van der Waals surface area contributed by atoms with Gasteiger partial charge in [-0.3, -0.25) is 9.69 Å². The zero-order valence-electron chi connectivity index (χ0n) is 19.0. The molecule has 1 saturated heterocycles. The number of rotatable bonds is 8. The highest BCUT2D eigenvalue weighted by Crippen LogP contribution is 2.30. The highest BCUT2D eigenvalue weighted by molar-refractivity contribution is 6.00. The van der Waals surface area contributed by atoms with Gasteiger partial charge in [0.15, 0.2) is 0 Å². The summed E-state index contributed by atoms with van der Waals surface area (Å²) in [6, 6.07) is 14.2. The minimum atomic E-state index is -0.262. The number of hydrogen-bond donors (Lipinski definition) is 1. The summed E-state index contributed by atoms with van der Waals surface area (Å²) in [6.45, 7) is 6.53. The molecule has 0 saturated carbocycles. The van der Waals surface area contributed by atoms with Gasteiger partial charge in [0.2, 0.25) is 0 Å². The number of carbonyl (C=O) groups excluding carboxylic acids is 1. The molecule has 2 aromatic carbocycles. The second-order valence-electron chi connectivity index (χ2n) is 8.08. The number of aromatic nitrogens is 1. The van der Waals surface area contributed by atoms with Crippen LogP contribution in [0.25, 0.3) is 11.3 Å². The number of halogens is 1. The molecule has 8 heteroatoms. The molecule has 1 aliphatic heterocycles. The normalized spacial score (nSPS) is 14.3. The lowest BCUT2D eigenvalue weighted by Gasteiger charge is -2.36. The smallest absolute Gasteiger partial charge is 0.257 e. The summed E-state index contributed by atoms with van der Waals surface area (Å²) in [6.07, 6.45) is 0.833. The van der Waals surface area contributed by atoms with Gasteiger partial charge in [-0.1, -0.05) is 35.5 Å². The van der Waals surface area contributed by atoms with Gasteiger partial charge >= 0.3 is 0 Å². The first-order valence-corrected chi connectivity index (χ1v) is 11.2. The van der Waals surface area contributed by atoms with Crippen molar-refractivity contribution in [2.24, 2.45) is 0 Å². The lowest BCUT2D eigenvalue weighted by Crippen LogP contribution is -2.47. The predicted molar refractivity (Wildman–Crippen MR) is 125 cm³/mol. The van der Waals surface area contributed by atoms with E-state index in [0.717, 1.165) is 50.4 Å². The third kappa shape index (κ3) is 5.34. The Kier molecular flexibility index (Phi) is 7.24. The van der Waals surface area contributed by atoms with Gasteiger partial charge in [0.05, 0.1) is 12.8 Å². The van der Waals surface area contributed by atoms with Crippen molar-refractivity contribution in [3.63, 3.8) is 0 Å². The average Bonchev–Trinajstić information content (AvgIpc) is 3.24. The fourth-order valence-corrected chi connectivity index (χ4v) is 4.15. The molecule has 0 atom stereocenters. The summed E-state index contributed by atoms with van der Waals surface area (Å²) in [5, 5.41) is 7.07. The Bertz CT molecular complexity index is 1080.